The van der Waals surface area contributed by atoms with E-state index in [9.17, 15) is 4.79 Å². The third-order valence-electron chi connectivity index (χ3n) is 4.07. The molecule has 3 rings (SSSR count). The van der Waals surface area contributed by atoms with Crippen LogP contribution in [0.1, 0.15) is 16.8 Å². The number of hydrogen-bond donors (Lipinski definition) is 2. The summed E-state index contributed by atoms with van der Waals surface area (Å²) in [7, 11) is 3.26. The summed E-state index contributed by atoms with van der Waals surface area (Å²) in [5.74, 6) is 1.45. The number of nitrogens with zero attached hydrogens (tertiary/aromatic N) is 1. The van der Waals surface area contributed by atoms with Gasteiger partial charge in [-0.25, -0.2) is 0 Å². The van der Waals surface area contributed by atoms with E-state index in [0.29, 0.717) is 23.6 Å². The monoisotopic (exact) mass is 333 g/mol. The fourth-order valence-electron chi connectivity index (χ4n) is 2.97. The molecule has 0 aliphatic carbocycles. The summed E-state index contributed by atoms with van der Waals surface area (Å²) < 4.78 is 11.2. The average Bonchev–Trinajstić information content (AvgIpc) is 2.55. The highest BCUT2D eigenvalue weighted by Gasteiger charge is 2.21. The molecule has 23 heavy (non-hydrogen) atoms. The van der Waals surface area contributed by atoms with Crippen LogP contribution in [0.3, 0.4) is 0 Å². The number of nitrogens with one attached hydrogen (secondary N) is 2. The number of rotatable bonds is 4. The topological polar surface area (TPSA) is 70.3 Å². The van der Waals surface area contributed by atoms with E-state index >= 15 is 0 Å². The van der Waals surface area contributed by atoms with Crippen LogP contribution in [0.15, 0.2) is 23.0 Å². The molecule has 0 unspecified atom stereocenters. The van der Waals surface area contributed by atoms with Gasteiger partial charge in [0.25, 0.3) is 5.56 Å². The van der Waals surface area contributed by atoms with Gasteiger partial charge in [-0.2, -0.15) is 0 Å². The minimum atomic E-state index is -0.106. The molecule has 2 aromatic rings. The molecule has 2 N–H and O–H groups in total. The van der Waals surface area contributed by atoms with Crippen LogP contribution in [0.25, 0.3) is 0 Å². The number of hydrogen-bond acceptors (Lipinski definition) is 5. The zero-order valence-corrected chi connectivity index (χ0v) is 14.0. The van der Waals surface area contributed by atoms with Crippen molar-refractivity contribution in [3.63, 3.8) is 0 Å². The highest BCUT2D eigenvalue weighted by Crippen LogP contribution is 2.32. The van der Waals surface area contributed by atoms with Gasteiger partial charge >= 0.3 is 0 Å². The quantitative estimate of drug-likeness (QED) is 0.838. The highest BCUT2D eigenvalue weighted by atomic mass is 32.1. The van der Waals surface area contributed by atoms with Crippen LogP contribution >= 0.6 is 12.2 Å². The lowest BCUT2D eigenvalue weighted by molar-refractivity contribution is 0.236. The summed E-state index contributed by atoms with van der Waals surface area (Å²) in [6.45, 7) is 2.12. The smallest absolute Gasteiger partial charge is 0.256 e. The summed E-state index contributed by atoms with van der Waals surface area (Å²) in [4.78, 5) is 20.0. The van der Waals surface area contributed by atoms with Crippen molar-refractivity contribution >= 4 is 12.2 Å². The number of para-hydroxylation sites is 1. The van der Waals surface area contributed by atoms with Crippen molar-refractivity contribution in [1.82, 2.24) is 14.9 Å². The first kappa shape index (κ1) is 15.8. The van der Waals surface area contributed by atoms with Gasteiger partial charge in [-0.3, -0.25) is 14.7 Å². The van der Waals surface area contributed by atoms with Crippen molar-refractivity contribution < 1.29 is 9.47 Å². The van der Waals surface area contributed by atoms with Crippen molar-refractivity contribution in [2.45, 2.75) is 19.5 Å². The number of methoxy groups -OCH3 is 2. The lowest BCUT2D eigenvalue weighted by Crippen LogP contribution is -2.35. The van der Waals surface area contributed by atoms with Crippen LogP contribution < -0.4 is 15.0 Å². The molecule has 0 radical (unpaired) electrons. The lowest BCUT2D eigenvalue weighted by atomic mass is 10.1. The molecular formula is C16H19N3O3S. The zero-order valence-electron chi connectivity index (χ0n) is 13.1. The molecule has 0 amide bonds. The largest absolute Gasteiger partial charge is 0.493 e. The maximum atomic E-state index is 12.1. The molecule has 1 aliphatic rings. The van der Waals surface area contributed by atoms with Gasteiger partial charge in [0.15, 0.2) is 16.3 Å². The maximum absolute atomic E-state index is 12.1. The van der Waals surface area contributed by atoms with Crippen molar-refractivity contribution in [3.05, 3.63) is 50.1 Å². The molecular weight excluding hydrogens is 314 g/mol. The maximum Gasteiger partial charge on any atom is 0.256 e. The van der Waals surface area contributed by atoms with Crippen molar-refractivity contribution in [2.24, 2.45) is 0 Å². The van der Waals surface area contributed by atoms with Gasteiger partial charge in [0.2, 0.25) is 0 Å². The molecule has 1 aliphatic heterocycles. The van der Waals surface area contributed by atoms with Crippen LogP contribution in [0.4, 0.5) is 0 Å². The first-order chi connectivity index (χ1) is 11.1. The predicted molar refractivity (Wildman–Crippen MR) is 89.6 cm³/mol. The van der Waals surface area contributed by atoms with E-state index in [1.807, 2.05) is 18.2 Å². The normalized spacial score (nSPS) is 14.3. The number of ether oxygens (including phenoxy) is 2. The van der Waals surface area contributed by atoms with E-state index in [1.165, 1.54) is 0 Å². The molecule has 2 heterocycles. The molecule has 0 atom stereocenters. The van der Waals surface area contributed by atoms with Gasteiger partial charge in [-0.1, -0.05) is 12.1 Å². The average molecular weight is 333 g/mol. The van der Waals surface area contributed by atoms with Gasteiger partial charge in [0.05, 0.1) is 19.8 Å². The second kappa shape index (κ2) is 6.55. The van der Waals surface area contributed by atoms with Crippen LogP contribution in [0.5, 0.6) is 11.5 Å². The number of aromatic nitrogens is 2. The molecule has 0 spiro atoms. The Labute approximate surface area is 139 Å². The molecule has 0 saturated carbocycles. The number of aromatic amines is 2. The van der Waals surface area contributed by atoms with Gasteiger partial charge in [-0.05, 0) is 18.3 Å². The Morgan fingerprint density at radius 2 is 2.09 bits per heavy atom. The molecule has 0 fully saturated rings. The first-order valence-electron chi connectivity index (χ1n) is 7.39. The Kier molecular flexibility index (Phi) is 4.49. The summed E-state index contributed by atoms with van der Waals surface area (Å²) in [6.07, 6.45) is 0.773. The van der Waals surface area contributed by atoms with E-state index in [4.69, 9.17) is 21.7 Å². The Hall–Kier alpha value is -2.12. The minimum absolute atomic E-state index is 0.106. The summed E-state index contributed by atoms with van der Waals surface area (Å²) in [5, 5.41) is 0. The van der Waals surface area contributed by atoms with Crippen LogP contribution in [0, 0.1) is 4.77 Å². The van der Waals surface area contributed by atoms with Crippen LogP contribution in [0.2, 0.25) is 0 Å². The van der Waals surface area contributed by atoms with E-state index < -0.39 is 0 Å². The Morgan fingerprint density at radius 1 is 1.26 bits per heavy atom. The van der Waals surface area contributed by atoms with Crippen molar-refractivity contribution in [3.8, 4) is 11.5 Å². The van der Waals surface area contributed by atoms with Crippen molar-refractivity contribution in [2.75, 3.05) is 20.8 Å². The van der Waals surface area contributed by atoms with Gasteiger partial charge in [0, 0.05) is 37.3 Å². The summed E-state index contributed by atoms with van der Waals surface area (Å²) in [6, 6.07) is 5.83. The van der Waals surface area contributed by atoms with E-state index in [1.54, 1.807) is 14.2 Å². The zero-order chi connectivity index (χ0) is 16.4. The predicted octanol–water partition coefficient (Wildman–Crippen LogP) is 2.01. The third-order valence-corrected chi connectivity index (χ3v) is 4.27. The molecule has 1 aromatic carbocycles. The third kappa shape index (κ3) is 3.16. The minimum Gasteiger partial charge on any atom is -0.493 e. The Bertz CT molecular complexity index is 828. The number of benzene rings is 1. The summed E-state index contributed by atoms with van der Waals surface area (Å²) in [5.41, 5.74) is 2.63. The Morgan fingerprint density at radius 3 is 2.83 bits per heavy atom. The lowest BCUT2D eigenvalue weighted by Gasteiger charge is -2.28. The van der Waals surface area contributed by atoms with Gasteiger partial charge < -0.3 is 14.5 Å². The van der Waals surface area contributed by atoms with E-state index in [-0.39, 0.29) is 5.56 Å². The van der Waals surface area contributed by atoms with E-state index in [2.05, 4.69) is 14.9 Å². The standard InChI is InChI=1S/C16H19N3O3S/c1-21-13-5-3-4-10(14(13)22-2)8-19-7-6-12-11(9-19)15(20)18-16(23)17-12/h3-5H,6-9H2,1-2H3,(H2,17,18,20,23). The molecule has 0 saturated heterocycles. The fraction of sp³-hybridized carbons (Fsp3) is 0.375. The summed E-state index contributed by atoms with van der Waals surface area (Å²) >= 11 is 5.02. The molecule has 6 nitrogen and oxygen atoms in total. The van der Waals surface area contributed by atoms with E-state index in [0.717, 1.165) is 35.5 Å². The second-order valence-electron chi connectivity index (χ2n) is 5.48. The molecule has 0 bridgehead atoms. The van der Waals surface area contributed by atoms with Gasteiger partial charge in [-0.15, -0.1) is 0 Å². The number of H-pyrrole nitrogens is 2. The number of fused-ring (bicyclic) bond motifs is 1. The van der Waals surface area contributed by atoms with Crippen LogP contribution in [-0.2, 0) is 19.5 Å². The van der Waals surface area contributed by atoms with Crippen LogP contribution in [-0.4, -0.2) is 35.6 Å². The van der Waals surface area contributed by atoms with Gasteiger partial charge in [0.1, 0.15) is 0 Å². The molecule has 122 valence electrons. The molecule has 1 aromatic heterocycles. The first-order valence-corrected chi connectivity index (χ1v) is 7.79. The Balaban J connectivity index is 1.86. The highest BCUT2D eigenvalue weighted by molar-refractivity contribution is 7.71. The second-order valence-corrected chi connectivity index (χ2v) is 5.89. The fourth-order valence-corrected chi connectivity index (χ4v) is 3.18. The SMILES string of the molecule is COc1cccc(CN2CCc3[nH]c(=S)[nH]c(=O)c3C2)c1OC. The van der Waals surface area contributed by atoms with Crippen molar-refractivity contribution in [1.29, 1.82) is 0 Å². The molecule has 7 heteroatoms.